The molecule has 3 atom stereocenters. The van der Waals surface area contributed by atoms with Crippen LogP contribution >= 0.6 is 0 Å². The Labute approximate surface area is 84.9 Å². The number of nitrogens with one attached hydrogen (secondary N) is 1. The van der Waals surface area contributed by atoms with Crippen molar-refractivity contribution in [3.63, 3.8) is 0 Å². The summed E-state index contributed by atoms with van der Waals surface area (Å²) in [6, 6.07) is 0. The van der Waals surface area contributed by atoms with E-state index in [1.807, 2.05) is 0 Å². The van der Waals surface area contributed by atoms with Gasteiger partial charge in [-0.05, 0) is 18.4 Å². The van der Waals surface area contributed by atoms with Gasteiger partial charge in [-0.3, -0.25) is 0 Å². The van der Waals surface area contributed by atoms with Crippen LogP contribution in [0.4, 0.5) is 0 Å². The van der Waals surface area contributed by atoms with E-state index >= 15 is 0 Å². The highest BCUT2D eigenvalue weighted by Crippen LogP contribution is 2.37. The fourth-order valence-electron chi connectivity index (χ4n) is 2.74. The van der Waals surface area contributed by atoms with E-state index < -0.39 is 0 Å². The van der Waals surface area contributed by atoms with Gasteiger partial charge in [0.1, 0.15) is 0 Å². The van der Waals surface area contributed by atoms with Crippen molar-refractivity contribution in [2.45, 2.75) is 6.42 Å². The molecular weight excluding hydrogens is 170 g/mol. The molecule has 3 unspecified atom stereocenters. The van der Waals surface area contributed by atoms with Crippen molar-refractivity contribution < 1.29 is 0 Å². The standard InChI is InChI=1S/C13H15N/c1-2-6-11-10(5-1)9-14-13-8-4-3-7-12(11)13/h1-6,8,10-12,14H,7,9H2. The van der Waals surface area contributed by atoms with Gasteiger partial charge in [0.15, 0.2) is 0 Å². The zero-order valence-electron chi connectivity index (χ0n) is 8.19. The first-order chi connectivity index (χ1) is 6.95. The van der Waals surface area contributed by atoms with E-state index in [1.54, 1.807) is 0 Å². The van der Waals surface area contributed by atoms with Gasteiger partial charge < -0.3 is 5.32 Å². The second kappa shape index (κ2) is 3.16. The van der Waals surface area contributed by atoms with Gasteiger partial charge in [-0.2, -0.15) is 0 Å². The van der Waals surface area contributed by atoms with Crippen LogP contribution in [0.15, 0.2) is 48.2 Å². The van der Waals surface area contributed by atoms with Crippen LogP contribution in [0.25, 0.3) is 0 Å². The van der Waals surface area contributed by atoms with Gasteiger partial charge in [0.05, 0.1) is 0 Å². The van der Waals surface area contributed by atoms with Gasteiger partial charge in [-0.1, -0.05) is 36.5 Å². The van der Waals surface area contributed by atoms with Gasteiger partial charge >= 0.3 is 0 Å². The number of rotatable bonds is 0. The molecule has 1 N–H and O–H groups in total. The Morgan fingerprint density at radius 2 is 2.07 bits per heavy atom. The van der Waals surface area contributed by atoms with Crippen molar-refractivity contribution in [3.8, 4) is 0 Å². The predicted octanol–water partition coefficient (Wildman–Crippen LogP) is 2.41. The summed E-state index contributed by atoms with van der Waals surface area (Å²) in [6.45, 7) is 1.10. The van der Waals surface area contributed by atoms with Crippen molar-refractivity contribution in [1.82, 2.24) is 5.32 Å². The highest BCUT2D eigenvalue weighted by molar-refractivity contribution is 5.28. The molecule has 1 heterocycles. The second-order valence-electron chi connectivity index (χ2n) is 4.28. The molecule has 72 valence electrons. The molecule has 3 rings (SSSR count). The average Bonchev–Trinajstić information content (AvgIpc) is 2.29. The van der Waals surface area contributed by atoms with Gasteiger partial charge in [-0.25, -0.2) is 0 Å². The van der Waals surface area contributed by atoms with E-state index in [0.29, 0.717) is 11.8 Å². The highest BCUT2D eigenvalue weighted by Gasteiger charge is 2.33. The molecule has 3 aliphatic rings. The van der Waals surface area contributed by atoms with Crippen LogP contribution in [0.5, 0.6) is 0 Å². The molecule has 2 aliphatic carbocycles. The van der Waals surface area contributed by atoms with Gasteiger partial charge in [0.25, 0.3) is 0 Å². The summed E-state index contributed by atoms with van der Waals surface area (Å²) in [7, 11) is 0. The quantitative estimate of drug-likeness (QED) is 0.611. The van der Waals surface area contributed by atoms with Crippen molar-refractivity contribution in [2.24, 2.45) is 17.8 Å². The first kappa shape index (κ1) is 8.10. The third-order valence-corrected chi connectivity index (χ3v) is 3.50. The van der Waals surface area contributed by atoms with Crippen LogP contribution in [-0.2, 0) is 0 Å². The van der Waals surface area contributed by atoms with Gasteiger partial charge in [-0.15, -0.1) is 0 Å². The predicted molar refractivity (Wildman–Crippen MR) is 58.6 cm³/mol. The Morgan fingerprint density at radius 3 is 3.07 bits per heavy atom. The summed E-state index contributed by atoms with van der Waals surface area (Å²) in [5, 5.41) is 3.54. The molecule has 0 aromatic rings. The lowest BCUT2D eigenvalue weighted by Gasteiger charge is -2.39. The molecule has 1 saturated heterocycles. The number of hydrogen-bond donors (Lipinski definition) is 1. The Bertz CT molecular complexity index is 346. The molecule has 0 spiro atoms. The normalized spacial score (nSPS) is 38.3. The molecule has 0 aromatic carbocycles. The third kappa shape index (κ3) is 1.16. The van der Waals surface area contributed by atoms with Crippen LogP contribution < -0.4 is 5.32 Å². The SMILES string of the molecule is C1=CCC2C(=C1)NCC1C=CC=CC12. The first-order valence-corrected chi connectivity index (χ1v) is 5.41. The van der Waals surface area contributed by atoms with Crippen LogP contribution in [-0.4, -0.2) is 6.54 Å². The summed E-state index contributed by atoms with van der Waals surface area (Å²) < 4.78 is 0. The molecule has 1 heteroatoms. The molecule has 1 nitrogen and oxygen atoms in total. The summed E-state index contributed by atoms with van der Waals surface area (Å²) in [5.41, 5.74) is 1.44. The van der Waals surface area contributed by atoms with Crippen LogP contribution in [0, 0.1) is 17.8 Å². The first-order valence-electron chi connectivity index (χ1n) is 5.41. The van der Waals surface area contributed by atoms with Crippen LogP contribution in [0.2, 0.25) is 0 Å². The topological polar surface area (TPSA) is 12.0 Å². The average molecular weight is 185 g/mol. The maximum atomic E-state index is 3.54. The minimum absolute atomic E-state index is 0.694. The van der Waals surface area contributed by atoms with E-state index in [-0.39, 0.29) is 0 Å². The van der Waals surface area contributed by atoms with Crippen molar-refractivity contribution in [2.75, 3.05) is 6.54 Å². The maximum absolute atomic E-state index is 3.54. The Hall–Kier alpha value is -1.24. The molecular formula is C13H15N. The highest BCUT2D eigenvalue weighted by atomic mass is 14.9. The molecule has 1 aliphatic heterocycles. The van der Waals surface area contributed by atoms with E-state index in [1.165, 1.54) is 12.1 Å². The zero-order chi connectivity index (χ0) is 9.38. The number of allylic oxidation sites excluding steroid dienone is 7. The largest absolute Gasteiger partial charge is 0.387 e. The molecule has 0 amide bonds. The van der Waals surface area contributed by atoms with E-state index in [9.17, 15) is 0 Å². The Kier molecular flexibility index (Phi) is 1.83. The smallest absolute Gasteiger partial charge is 0.0213 e. The summed E-state index contributed by atoms with van der Waals surface area (Å²) in [6.07, 6.45) is 17.0. The summed E-state index contributed by atoms with van der Waals surface area (Å²) in [5.74, 6) is 2.12. The molecule has 1 fully saturated rings. The zero-order valence-corrected chi connectivity index (χ0v) is 8.19. The molecule has 0 aromatic heterocycles. The Morgan fingerprint density at radius 1 is 1.14 bits per heavy atom. The summed E-state index contributed by atoms with van der Waals surface area (Å²) in [4.78, 5) is 0. The third-order valence-electron chi connectivity index (χ3n) is 3.50. The van der Waals surface area contributed by atoms with E-state index in [4.69, 9.17) is 0 Å². The lowest BCUT2D eigenvalue weighted by atomic mass is 9.72. The van der Waals surface area contributed by atoms with Gasteiger partial charge in [0, 0.05) is 24.1 Å². The van der Waals surface area contributed by atoms with Crippen LogP contribution in [0.1, 0.15) is 6.42 Å². The van der Waals surface area contributed by atoms with Crippen molar-refractivity contribution >= 4 is 0 Å². The number of hydrogen-bond acceptors (Lipinski definition) is 1. The summed E-state index contributed by atoms with van der Waals surface area (Å²) >= 11 is 0. The number of fused-ring (bicyclic) bond motifs is 3. The monoisotopic (exact) mass is 185 g/mol. The molecule has 0 radical (unpaired) electrons. The number of piperidine rings is 1. The lowest BCUT2D eigenvalue weighted by Crippen LogP contribution is -2.41. The molecule has 0 saturated carbocycles. The lowest BCUT2D eigenvalue weighted by molar-refractivity contribution is 0.291. The Balaban J connectivity index is 1.92. The van der Waals surface area contributed by atoms with Crippen molar-refractivity contribution in [3.05, 3.63) is 48.2 Å². The van der Waals surface area contributed by atoms with E-state index in [0.717, 1.165) is 12.5 Å². The van der Waals surface area contributed by atoms with Crippen LogP contribution in [0.3, 0.4) is 0 Å². The van der Waals surface area contributed by atoms with E-state index in [2.05, 4.69) is 47.8 Å². The minimum Gasteiger partial charge on any atom is -0.387 e. The second-order valence-corrected chi connectivity index (χ2v) is 4.28. The minimum atomic E-state index is 0.694. The van der Waals surface area contributed by atoms with Gasteiger partial charge in [0.2, 0.25) is 0 Å². The molecule has 0 bridgehead atoms. The fraction of sp³-hybridized carbons (Fsp3) is 0.385. The fourth-order valence-corrected chi connectivity index (χ4v) is 2.74. The maximum Gasteiger partial charge on any atom is 0.0213 e. The van der Waals surface area contributed by atoms with Crippen molar-refractivity contribution in [1.29, 1.82) is 0 Å². The molecule has 14 heavy (non-hydrogen) atoms.